The number of nitrogens with zero attached hydrogens (tertiary/aromatic N) is 2. The van der Waals surface area contributed by atoms with Gasteiger partial charge in [-0.3, -0.25) is 0 Å². The zero-order valence-electron chi connectivity index (χ0n) is 10.6. The second kappa shape index (κ2) is 7.61. The van der Waals surface area contributed by atoms with Crippen molar-refractivity contribution in [2.24, 2.45) is 6.43 Å². The average Bonchev–Trinajstić information content (AvgIpc) is 2.48. The quantitative estimate of drug-likeness (QED) is 0.397. The van der Waals surface area contributed by atoms with E-state index in [2.05, 4.69) is 16.8 Å². The third-order valence-electron chi connectivity index (χ3n) is 2.91. The third-order valence-corrected chi connectivity index (χ3v) is 13.5. The minimum absolute atomic E-state index is 0.646. The molecule has 7 heteroatoms. The molecular weight excluding hydrogens is 450 g/mol. The molecule has 0 heterocycles. The molecule has 0 aromatic heterocycles. The molecule has 2 nitrogen and oxygen atoms in total. The molecule has 0 fully saturated rings. The van der Waals surface area contributed by atoms with E-state index in [4.69, 9.17) is 47.6 Å². The van der Waals surface area contributed by atoms with Gasteiger partial charge >= 0.3 is 149 Å². The molecular formula is C14H8Cl2N2S2Sn. The fraction of sp³-hybridized carbons (Fsp3) is 0. The van der Waals surface area contributed by atoms with Crippen molar-refractivity contribution in [3.63, 3.8) is 0 Å². The van der Waals surface area contributed by atoms with E-state index in [-0.39, 0.29) is 0 Å². The minimum atomic E-state index is -3.80. The number of halogens is 2. The topological polar surface area (TPSA) is 24.7 Å². The summed E-state index contributed by atoms with van der Waals surface area (Å²) in [5.41, 5.74) is 0. The van der Waals surface area contributed by atoms with Crippen LogP contribution in [0, 0.1) is 0 Å². The van der Waals surface area contributed by atoms with Gasteiger partial charge in [0.25, 0.3) is 0 Å². The first-order chi connectivity index (χ1) is 10.1. The van der Waals surface area contributed by atoms with Gasteiger partial charge in [0.15, 0.2) is 0 Å². The summed E-state index contributed by atoms with van der Waals surface area (Å²) in [6.45, 7) is 0. The van der Waals surface area contributed by atoms with Gasteiger partial charge < -0.3 is 0 Å². The molecule has 2 rings (SSSR count). The van der Waals surface area contributed by atoms with E-state index in [9.17, 15) is 0 Å². The van der Waals surface area contributed by atoms with E-state index in [1.165, 1.54) is 0 Å². The van der Waals surface area contributed by atoms with Gasteiger partial charge in [0, 0.05) is 0 Å². The van der Waals surface area contributed by atoms with Crippen LogP contribution in [-0.2, 0) is 0 Å². The van der Waals surface area contributed by atoms with Crippen LogP contribution in [0.4, 0.5) is 0 Å². The summed E-state index contributed by atoms with van der Waals surface area (Å²) in [6, 6.07) is 14.8. The van der Waals surface area contributed by atoms with Gasteiger partial charge in [-0.25, -0.2) is 0 Å². The van der Waals surface area contributed by atoms with E-state index in [1.54, 1.807) is 24.3 Å². The van der Waals surface area contributed by atoms with Crippen LogP contribution in [0.1, 0.15) is 0 Å². The average molecular weight is 458 g/mol. The molecule has 2 aromatic rings. The molecule has 104 valence electrons. The van der Waals surface area contributed by atoms with Crippen molar-refractivity contribution >= 4 is 84.0 Å². The van der Waals surface area contributed by atoms with Gasteiger partial charge in [-0.2, -0.15) is 0 Å². The number of hydrogen-bond donors (Lipinski definition) is 0. The molecule has 0 saturated heterocycles. The number of benzene rings is 2. The Labute approximate surface area is 148 Å². The number of hydrogen-bond acceptors (Lipinski definition) is 4. The Balaban J connectivity index is 2.74. The molecule has 0 aliphatic heterocycles. The molecule has 0 saturated carbocycles. The number of rotatable bonds is 4. The second-order valence-corrected chi connectivity index (χ2v) is 13.7. The molecule has 0 radical (unpaired) electrons. The molecule has 0 unspecified atom stereocenters. The van der Waals surface area contributed by atoms with Crippen LogP contribution in [0.2, 0.25) is 10.0 Å². The summed E-state index contributed by atoms with van der Waals surface area (Å²) in [6.07, 6.45) is 0. The fourth-order valence-electron chi connectivity index (χ4n) is 1.95. The van der Waals surface area contributed by atoms with E-state index < -0.39 is 18.9 Å². The molecule has 0 atom stereocenters. The first-order valence-electron chi connectivity index (χ1n) is 5.82. The summed E-state index contributed by atoms with van der Waals surface area (Å²) >= 11 is 17.8. The zero-order valence-corrected chi connectivity index (χ0v) is 16.6. The zero-order chi connectivity index (χ0) is 15.3. The van der Waals surface area contributed by atoms with Gasteiger partial charge in [-0.1, -0.05) is 0 Å². The predicted molar refractivity (Wildman–Crippen MR) is 98.0 cm³/mol. The van der Waals surface area contributed by atoms with E-state index in [1.807, 2.05) is 24.3 Å². The second-order valence-electron chi connectivity index (χ2n) is 4.09. The Morgan fingerprint density at radius 3 is 1.33 bits per heavy atom. The first kappa shape index (κ1) is 16.8. The van der Waals surface area contributed by atoms with Gasteiger partial charge in [0.05, 0.1) is 0 Å². The molecule has 2 aromatic carbocycles. The third kappa shape index (κ3) is 3.79. The summed E-state index contributed by atoms with van der Waals surface area (Å²) in [5, 5.41) is 6.24. The van der Waals surface area contributed by atoms with Crippen LogP contribution >= 0.6 is 47.6 Å². The SMILES string of the molecule is S=C=[N][Sn]([N]=C=S)([c]1ccc(Cl)cc1)[c]1ccc(Cl)cc1. The van der Waals surface area contributed by atoms with Crippen LogP contribution in [-0.4, -0.2) is 29.2 Å². The molecule has 0 N–H and O–H groups in total. The predicted octanol–water partition coefficient (Wildman–Crippen LogP) is 3.76. The van der Waals surface area contributed by atoms with E-state index in [0.29, 0.717) is 10.0 Å². The van der Waals surface area contributed by atoms with Crippen molar-refractivity contribution in [2.45, 2.75) is 0 Å². The van der Waals surface area contributed by atoms with Gasteiger partial charge in [0.2, 0.25) is 0 Å². The Morgan fingerprint density at radius 1 is 0.714 bits per heavy atom. The van der Waals surface area contributed by atoms with Crippen molar-refractivity contribution in [3.8, 4) is 0 Å². The van der Waals surface area contributed by atoms with Crippen LogP contribution in [0.25, 0.3) is 0 Å². The van der Waals surface area contributed by atoms with Crippen molar-refractivity contribution in [1.29, 1.82) is 0 Å². The summed E-state index contributed by atoms with van der Waals surface area (Å²) in [5.74, 6) is 0. The molecule has 0 amide bonds. The molecule has 0 spiro atoms. The van der Waals surface area contributed by atoms with Crippen molar-refractivity contribution in [1.82, 2.24) is 0 Å². The van der Waals surface area contributed by atoms with Gasteiger partial charge in [-0.05, 0) is 0 Å². The summed E-state index contributed by atoms with van der Waals surface area (Å²) < 4.78 is 10.8. The molecule has 21 heavy (non-hydrogen) atoms. The molecule has 0 aliphatic carbocycles. The van der Waals surface area contributed by atoms with Crippen LogP contribution in [0.15, 0.2) is 55.0 Å². The molecule has 0 aliphatic rings. The molecule has 0 bridgehead atoms. The Kier molecular flexibility index (Phi) is 6.08. The van der Waals surface area contributed by atoms with E-state index >= 15 is 0 Å². The van der Waals surface area contributed by atoms with Crippen LogP contribution in [0.3, 0.4) is 0 Å². The van der Waals surface area contributed by atoms with Gasteiger partial charge in [0.1, 0.15) is 0 Å². The maximum absolute atomic E-state index is 5.95. The first-order valence-corrected chi connectivity index (χ1v) is 12.8. The fourth-order valence-corrected chi connectivity index (χ4v) is 10.9. The number of thiocarbonyl (C=S) groups is 2. The maximum atomic E-state index is 5.95. The number of isothiocyanates is 2. The van der Waals surface area contributed by atoms with Crippen molar-refractivity contribution in [3.05, 3.63) is 58.6 Å². The van der Waals surface area contributed by atoms with E-state index in [0.717, 1.165) is 7.16 Å². The monoisotopic (exact) mass is 458 g/mol. The Morgan fingerprint density at radius 2 is 1.05 bits per heavy atom. The Bertz CT molecular complexity index is 669. The van der Waals surface area contributed by atoms with Gasteiger partial charge in [-0.15, -0.1) is 0 Å². The standard InChI is InChI=1S/2C6H4Cl.2CNS.Sn/c2*7-6-4-2-1-3-5-6;2*2-1-3;/h2*2-5H;;;/q;;2*-1;+2. The normalized spacial score (nSPS) is 10.4. The Hall–Kier alpha value is -0.581. The summed E-state index contributed by atoms with van der Waals surface area (Å²) in [4.78, 5) is 0. The summed E-state index contributed by atoms with van der Waals surface area (Å²) in [7, 11) is 0. The van der Waals surface area contributed by atoms with Crippen molar-refractivity contribution in [2.75, 3.05) is 0 Å². The van der Waals surface area contributed by atoms with Crippen LogP contribution in [0.5, 0.6) is 0 Å². The van der Waals surface area contributed by atoms with Crippen molar-refractivity contribution < 1.29 is 0 Å². The van der Waals surface area contributed by atoms with Crippen LogP contribution < -0.4 is 7.16 Å².